The zero-order valence-electron chi connectivity index (χ0n) is 17.7. The summed E-state index contributed by atoms with van der Waals surface area (Å²) in [5.74, 6) is 0.290. The molecule has 5 nitrogen and oxygen atoms in total. The lowest BCUT2D eigenvalue weighted by atomic mass is 10.1. The van der Waals surface area contributed by atoms with Gasteiger partial charge in [-0.1, -0.05) is 47.6 Å². The average Bonchev–Trinajstić information content (AvgIpc) is 3.43. The van der Waals surface area contributed by atoms with Gasteiger partial charge in [0.25, 0.3) is 0 Å². The Morgan fingerprint density at radius 3 is 2.81 bits per heavy atom. The molecule has 0 unspecified atom stereocenters. The highest BCUT2D eigenvalue weighted by molar-refractivity contribution is 7.99. The van der Waals surface area contributed by atoms with E-state index in [0.717, 1.165) is 47.1 Å². The maximum absolute atomic E-state index is 12.4. The number of carbonyl (C=O) groups is 1. The molecule has 0 spiro atoms. The molecule has 4 rings (SSSR count). The zero-order chi connectivity index (χ0) is 21.8. The first kappa shape index (κ1) is 21.9. The minimum Gasteiger partial charge on any atom is -0.376 e. The topological polar surface area (TPSA) is 56.2 Å². The van der Waals surface area contributed by atoms with Crippen molar-refractivity contribution in [3.05, 3.63) is 64.8 Å². The van der Waals surface area contributed by atoms with Crippen LogP contribution in [0.25, 0.3) is 16.9 Å². The number of benzene rings is 2. The molecule has 1 fully saturated rings. The second-order valence-electron chi connectivity index (χ2n) is 7.80. The van der Waals surface area contributed by atoms with Gasteiger partial charge < -0.3 is 10.1 Å². The molecule has 0 bridgehead atoms. The van der Waals surface area contributed by atoms with Crippen molar-refractivity contribution >= 4 is 29.3 Å². The molecule has 1 aliphatic heterocycles. The fourth-order valence-electron chi connectivity index (χ4n) is 3.59. The number of carbonyl (C=O) groups excluding carboxylic acids is 1. The Morgan fingerprint density at radius 2 is 2.06 bits per heavy atom. The van der Waals surface area contributed by atoms with Crippen molar-refractivity contribution in [1.82, 2.24) is 14.9 Å². The van der Waals surface area contributed by atoms with Gasteiger partial charge in [-0.05, 0) is 56.0 Å². The van der Waals surface area contributed by atoms with E-state index in [1.165, 1.54) is 17.3 Å². The number of nitrogens with one attached hydrogen (secondary N) is 1. The molecule has 1 N–H and O–H groups in total. The van der Waals surface area contributed by atoms with E-state index in [1.807, 2.05) is 30.5 Å². The summed E-state index contributed by atoms with van der Waals surface area (Å²) in [7, 11) is 0. The molecule has 0 radical (unpaired) electrons. The van der Waals surface area contributed by atoms with E-state index < -0.39 is 0 Å². The molecular weight excluding hydrogens is 430 g/mol. The number of aromatic nitrogens is 2. The number of thioether (sulfide) groups is 1. The minimum atomic E-state index is -0.0101. The number of ether oxygens (including phenoxy) is 1. The third kappa shape index (κ3) is 5.50. The largest absolute Gasteiger partial charge is 0.376 e. The van der Waals surface area contributed by atoms with Gasteiger partial charge in [0.05, 0.1) is 23.2 Å². The molecular formula is C24H26ClN3O2S. The predicted molar refractivity (Wildman–Crippen MR) is 126 cm³/mol. The molecule has 3 aromatic rings. The van der Waals surface area contributed by atoms with Crippen LogP contribution >= 0.6 is 23.4 Å². The van der Waals surface area contributed by atoms with E-state index >= 15 is 0 Å². The Bertz CT molecular complexity index is 1060. The third-order valence-electron chi connectivity index (χ3n) is 5.32. The molecule has 7 heteroatoms. The molecule has 1 aromatic heterocycles. The van der Waals surface area contributed by atoms with E-state index in [9.17, 15) is 4.79 Å². The highest BCUT2D eigenvalue weighted by Crippen LogP contribution is 2.29. The highest BCUT2D eigenvalue weighted by Gasteiger charge is 2.18. The van der Waals surface area contributed by atoms with Crippen molar-refractivity contribution in [2.24, 2.45) is 0 Å². The molecule has 2 aromatic carbocycles. The Kier molecular flexibility index (Phi) is 7.00. The van der Waals surface area contributed by atoms with Crippen LogP contribution in [0.1, 0.15) is 24.0 Å². The summed E-state index contributed by atoms with van der Waals surface area (Å²) in [5, 5.41) is 4.46. The Morgan fingerprint density at radius 1 is 1.26 bits per heavy atom. The molecule has 1 aliphatic rings. The number of halogens is 1. The molecule has 1 atom stereocenters. The van der Waals surface area contributed by atoms with Crippen LogP contribution in [0.15, 0.2) is 53.8 Å². The number of rotatable bonds is 7. The maximum atomic E-state index is 12.4. The van der Waals surface area contributed by atoms with Crippen LogP contribution in [0.5, 0.6) is 0 Å². The van der Waals surface area contributed by atoms with Crippen molar-refractivity contribution in [1.29, 1.82) is 0 Å². The van der Waals surface area contributed by atoms with E-state index in [-0.39, 0.29) is 12.0 Å². The number of nitrogens with zero attached hydrogens (tertiary/aromatic N) is 2. The summed E-state index contributed by atoms with van der Waals surface area (Å²) >= 11 is 7.49. The van der Waals surface area contributed by atoms with Crippen LogP contribution in [0.3, 0.4) is 0 Å². The Hall–Kier alpha value is -2.28. The van der Waals surface area contributed by atoms with Crippen LogP contribution in [0.2, 0.25) is 5.02 Å². The summed E-state index contributed by atoms with van der Waals surface area (Å²) < 4.78 is 7.65. The quantitative estimate of drug-likeness (QED) is 0.497. The summed E-state index contributed by atoms with van der Waals surface area (Å²) in [6.45, 7) is 5.52. The van der Waals surface area contributed by atoms with Crippen molar-refractivity contribution in [3.8, 4) is 16.9 Å². The normalized spacial score (nSPS) is 15.9. The molecule has 0 saturated carbocycles. The van der Waals surface area contributed by atoms with E-state index in [2.05, 4.69) is 41.9 Å². The maximum Gasteiger partial charge on any atom is 0.230 e. The van der Waals surface area contributed by atoms with Crippen molar-refractivity contribution in [2.45, 2.75) is 37.9 Å². The lowest BCUT2D eigenvalue weighted by Gasteiger charge is -2.12. The molecule has 162 valence electrons. The third-order valence-corrected chi connectivity index (χ3v) is 6.53. The molecule has 2 heterocycles. The van der Waals surface area contributed by atoms with Crippen LogP contribution < -0.4 is 5.32 Å². The van der Waals surface area contributed by atoms with Crippen LogP contribution in [0, 0.1) is 13.8 Å². The highest BCUT2D eigenvalue weighted by atomic mass is 35.5. The Labute approximate surface area is 192 Å². The monoisotopic (exact) mass is 455 g/mol. The SMILES string of the molecule is Cc1ccc(C)c(-n2cc(-c3ccc(Cl)cc3)nc2SCC(=O)NC[C@H]2CCCO2)c1. The molecule has 1 saturated heterocycles. The fraction of sp³-hybridized carbons (Fsp3) is 0.333. The minimum absolute atomic E-state index is 0.0101. The van der Waals surface area contributed by atoms with E-state index in [0.29, 0.717) is 17.3 Å². The van der Waals surface area contributed by atoms with E-state index in [4.69, 9.17) is 21.3 Å². The summed E-state index contributed by atoms with van der Waals surface area (Å²) in [6, 6.07) is 14.0. The number of aryl methyl sites for hydroxylation is 2. The first-order valence-electron chi connectivity index (χ1n) is 10.4. The number of amides is 1. The van der Waals surface area contributed by atoms with Crippen LogP contribution in [0.4, 0.5) is 0 Å². The summed E-state index contributed by atoms with van der Waals surface area (Å²) in [4.78, 5) is 17.3. The zero-order valence-corrected chi connectivity index (χ0v) is 19.3. The standard InChI is InChI=1S/C24H26ClN3O2S/c1-16-5-6-17(2)22(12-16)28-14-21(18-7-9-19(25)10-8-18)27-24(28)31-15-23(29)26-13-20-4-3-11-30-20/h5-10,12,14,20H,3-4,11,13,15H2,1-2H3,(H,26,29)/t20-/m1/s1. The van der Waals surface area contributed by atoms with Gasteiger partial charge in [0.2, 0.25) is 5.91 Å². The number of hydrogen-bond acceptors (Lipinski definition) is 4. The van der Waals surface area contributed by atoms with Crippen molar-refractivity contribution in [2.75, 3.05) is 18.9 Å². The lowest BCUT2D eigenvalue weighted by molar-refractivity contribution is -0.119. The van der Waals surface area contributed by atoms with Gasteiger partial charge >= 0.3 is 0 Å². The van der Waals surface area contributed by atoms with Gasteiger partial charge in [0.1, 0.15) is 0 Å². The van der Waals surface area contributed by atoms with Gasteiger partial charge in [-0.2, -0.15) is 0 Å². The molecule has 0 aliphatic carbocycles. The van der Waals surface area contributed by atoms with Crippen molar-refractivity contribution in [3.63, 3.8) is 0 Å². The van der Waals surface area contributed by atoms with Gasteiger partial charge in [-0.3, -0.25) is 9.36 Å². The van der Waals surface area contributed by atoms with E-state index in [1.54, 1.807) is 0 Å². The summed E-state index contributed by atoms with van der Waals surface area (Å²) in [6.07, 6.45) is 4.24. The second kappa shape index (κ2) is 9.90. The smallest absolute Gasteiger partial charge is 0.230 e. The first-order valence-corrected chi connectivity index (χ1v) is 11.8. The molecule has 1 amide bonds. The van der Waals surface area contributed by atoms with Gasteiger partial charge in [-0.25, -0.2) is 4.98 Å². The number of hydrogen-bond donors (Lipinski definition) is 1. The lowest BCUT2D eigenvalue weighted by Crippen LogP contribution is -2.32. The van der Waals surface area contributed by atoms with Gasteiger partial charge in [0.15, 0.2) is 5.16 Å². The summed E-state index contributed by atoms with van der Waals surface area (Å²) in [5.41, 5.74) is 5.22. The van der Waals surface area contributed by atoms with Crippen LogP contribution in [-0.2, 0) is 9.53 Å². The second-order valence-corrected chi connectivity index (χ2v) is 9.18. The average molecular weight is 456 g/mol. The van der Waals surface area contributed by atoms with Crippen molar-refractivity contribution < 1.29 is 9.53 Å². The van der Waals surface area contributed by atoms with Crippen LogP contribution in [-0.4, -0.2) is 40.5 Å². The Balaban J connectivity index is 1.56. The molecule has 31 heavy (non-hydrogen) atoms. The fourth-order valence-corrected chi connectivity index (χ4v) is 4.53. The van der Waals surface area contributed by atoms with Gasteiger partial charge in [-0.15, -0.1) is 0 Å². The predicted octanol–water partition coefficient (Wildman–Crippen LogP) is 5.20. The number of imidazole rings is 1. The first-order chi connectivity index (χ1) is 15.0. The van der Waals surface area contributed by atoms with Gasteiger partial charge in [0, 0.05) is 29.9 Å².